The van der Waals surface area contributed by atoms with Crippen molar-refractivity contribution in [1.82, 2.24) is 10.3 Å². The maximum atomic E-state index is 4.69. The first kappa shape index (κ1) is 15.5. The van der Waals surface area contributed by atoms with Crippen LogP contribution in [0.5, 0.6) is 0 Å². The van der Waals surface area contributed by atoms with Gasteiger partial charge in [0, 0.05) is 25.0 Å². The van der Waals surface area contributed by atoms with Crippen LogP contribution < -0.4 is 10.2 Å². The third-order valence-corrected chi connectivity index (χ3v) is 3.50. The van der Waals surface area contributed by atoms with Gasteiger partial charge < -0.3 is 10.2 Å². The normalized spacial score (nSPS) is 10.6. The Labute approximate surface area is 128 Å². The summed E-state index contributed by atoms with van der Waals surface area (Å²) in [6, 6.07) is 12.7. The zero-order valence-corrected chi connectivity index (χ0v) is 13.3. The quantitative estimate of drug-likeness (QED) is 0.777. The number of nitrogens with one attached hydrogen (secondary N) is 1. The van der Waals surface area contributed by atoms with Crippen LogP contribution in [0.3, 0.4) is 0 Å². The van der Waals surface area contributed by atoms with E-state index in [0.717, 1.165) is 31.9 Å². The average Bonchev–Trinajstić information content (AvgIpc) is 2.51. The van der Waals surface area contributed by atoms with Crippen LogP contribution in [-0.2, 0) is 6.54 Å². The van der Waals surface area contributed by atoms with E-state index in [0.29, 0.717) is 0 Å². The number of pyridine rings is 1. The molecule has 1 aromatic heterocycles. The highest BCUT2D eigenvalue weighted by molar-refractivity contribution is 5.62. The third kappa shape index (κ3) is 4.05. The van der Waals surface area contributed by atoms with Crippen molar-refractivity contribution >= 4 is 11.5 Å². The van der Waals surface area contributed by atoms with E-state index in [1.54, 1.807) is 0 Å². The van der Waals surface area contributed by atoms with E-state index in [1.807, 2.05) is 12.3 Å². The maximum absolute atomic E-state index is 4.69. The van der Waals surface area contributed by atoms with Crippen LogP contribution in [0.1, 0.15) is 31.4 Å². The Morgan fingerprint density at radius 1 is 1.14 bits per heavy atom. The van der Waals surface area contributed by atoms with Crippen LogP contribution in [0.15, 0.2) is 42.6 Å². The van der Waals surface area contributed by atoms with Gasteiger partial charge in [0.1, 0.15) is 5.82 Å². The lowest BCUT2D eigenvalue weighted by Crippen LogP contribution is -2.19. The molecule has 3 nitrogen and oxygen atoms in total. The highest BCUT2D eigenvalue weighted by Crippen LogP contribution is 2.26. The number of benzene rings is 1. The molecule has 0 saturated carbocycles. The fourth-order valence-corrected chi connectivity index (χ4v) is 2.48. The summed E-state index contributed by atoms with van der Waals surface area (Å²) in [4.78, 5) is 6.94. The van der Waals surface area contributed by atoms with Crippen LogP contribution in [0.2, 0.25) is 0 Å². The minimum Gasteiger partial charge on any atom is -0.326 e. The number of hydrogen-bond donors (Lipinski definition) is 1. The number of para-hydroxylation sites is 1. The fraction of sp³-hybridized carbons (Fsp3) is 0.389. The van der Waals surface area contributed by atoms with Gasteiger partial charge in [-0.05, 0) is 56.1 Å². The second-order valence-corrected chi connectivity index (χ2v) is 5.24. The zero-order chi connectivity index (χ0) is 15.1. The van der Waals surface area contributed by atoms with Gasteiger partial charge in [0.05, 0.1) is 0 Å². The monoisotopic (exact) mass is 283 g/mol. The van der Waals surface area contributed by atoms with Gasteiger partial charge in [0.25, 0.3) is 0 Å². The summed E-state index contributed by atoms with van der Waals surface area (Å²) in [7, 11) is 0. The summed E-state index contributed by atoms with van der Waals surface area (Å²) in [5, 5.41) is 3.42. The van der Waals surface area contributed by atoms with Crippen LogP contribution in [0.25, 0.3) is 0 Å². The first-order valence-electron chi connectivity index (χ1n) is 7.75. The predicted molar refractivity (Wildman–Crippen MR) is 90.1 cm³/mol. The van der Waals surface area contributed by atoms with E-state index < -0.39 is 0 Å². The summed E-state index contributed by atoms with van der Waals surface area (Å²) in [5.41, 5.74) is 3.65. The Kier molecular flexibility index (Phi) is 5.76. The lowest BCUT2D eigenvalue weighted by atomic mass is 10.1. The minimum absolute atomic E-state index is 0.888. The molecule has 0 unspecified atom stereocenters. The van der Waals surface area contributed by atoms with Crippen molar-refractivity contribution in [2.24, 2.45) is 0 Å². The maximum Gasteiger partial charge on any atom is 0.135 e. The Bertz CT molecular complexity index is 552. The van der Waals surface area contributed by atoms with Crippen molar-refractivity contribution in [1.29, 1.82) is 0 Å². The number of aryl methyl sites for hydroxylation is 1. The van der Waals surface area contributed by atoms with Crippen molar-refractivity contribution < 1.29 is 0 Å². The number of anilines is 2. The molecule has 0 aliphatic rings. The highest BCUT2D eigenvalue weighted by Gasteiger charge is 2.11. The molecule has 0 fully saturated rings. The van der Waals surface area contributed by atoms with E-state index in [9.17, 15) is 0 Å². The van der Waals surface area contributed by atoms with E-state index >= 15 is 0 Å². The van der Waals surface area contributed by atoms with Crippen LogP contribution >= 0.6 is 0 Å². The standard InChI is InChI=1S/C18H25N3/c1-4-11-19-13-16-12-15(3)18(20-14-16)21(5-2)17-9-7-6-8-10-17/h6-10,12,14,19H,4-5,11,13H2,1-3H3. The molecule has 0 saturated heterocycles. The first-order valence-corrected chi connectivity index (χ1v) is 7.75. The second kappa shape index (κ2) is 7.79. The Balaban J connectivity index is 2.19. The summed E-state index contributed by atoms with van der Waals surface area (Å²) in [5.74, 6) is 1.04. The minimum atomic E-state index is 0.888. The average molecular weight is 283 g/mol. The van der Waals surface area contributed by atoms with Gasteiger partial charge in [-0.2, -0.15) is 0 Å². The molecule has 3 heteroatoms. The van der Waals surface area contributed by atoms with Gasteiger partial charge in [-0.15, -0.1) is 0 Å². The molecule has 0 aliphatic carbocycles. The number of rotatable bonds is 7. The fourth-order valence-electron chi connectivity index (χ4n) is 2.48. The lowest BCUT2D eigenvalue weighted by Gasteiger charge is -2.24. The molecule has 1 heterocycles. The van der Waals surface area contributed by atoms with Crippen molar-refractivity contribution in [2.45, 2.75) is 33.7 Å². The Morgan fingerprint density at radius 2 is 1.90 bits per heavy atom. The summed E-state index contributed by atoms with van der Waals surface area (Å²) < 4.78 is 0. The van der Waals surface area contributed by atoms with E-state index in [1.165, 1.54) is 16.8 Å². The summed E-state index contributed by atoms with van der Waals surface area (Å²) >= 11 is 0. The molecule has 2 aromatic rings. The van der Waals surface area contributed by atoms with Gasteiger partial charge in [-0.25, -0.2) is 4.98 Å². The molecule has 0 atom stereocenters. The van der Waals surface area contributed by atoms with Crippen molar-refractivity contribution in [3.8, 4) is 0 Å². The molecule has 1 aromatic carbocycles. The molecule has 0 bridgehead atoms. The van der Waals surface area contributed by atoms with Crippen molar-refractivity contribution in [3.05, 3.63) is 53.7 Å². The highest BCUT2D eigenvalue weighted by atomic mass is 15.2. The molecule has 0 amide bonds. The third-order valence-electron chi connectivity index (χ3n) is 3.50. The van der Waals surface area contributed by atoms with Crippen molar-refractivity contribution in [3.63, 3.8) is 0 Å². The second-order valence-electron chi connectivity index (χ2n) is 5.24. The molecule has 21 heavy (non-hydrogen) atoms. The summed E-state index contributed by atoms with van der Waals surface area (Å²) in [6.07, 6.45) is 3.14. The Hall–Kier alpha value is -1.87. The molecule has 0 spiro atoms. The lowest BCUT2D eigenvalue weighted by molar-refractivity contribution is 0.673. The van der Waals surface area contributed by atoms with Crippen LogP contribution in [0, 0.1) is 6.92 Å². The van der Waals surface area contributed by atoms with Gasteiger partial charge in [-0.1, -0.05) is 25.1 Å². The van der Waals surface area contributed by atoms with Gasteiger partial charge in [-0.3, -0.25) is 0 Å². The SMILES string of the molecule is CCCNCc1cnc(N(CC)c2ccccc2)c(C)c1. The number of nitrogens with zero attached hydrogens (tertiary/aromatic N) is 2. The van der Waals surface area contributed by atoms with Gasteiger partial charge in [0.15, 0.2) is 0 Å². The molecule has 1 N–H and O–H groups in total. The van der Waals surface area contributed by atoms with Crippen LogP contribution in [0.4, 0.5) is 11.5 Å². The molecule has 2 rings (SSSR count). The van der Waals surface area contributed by atoms with E-state index in [4.69, 9.17) is 4.98 Å². The number of hydrogen-bond acceptors (Lipinski definition) is 3. The zero-order valence-electron chi connectivity index (χ0n) is 13.3. The Morgan fingerprint density at radius 3 is 2.52 bits per heavy atom. The largest absolute Gasteiger partial charge is 0.326 e. The molecule has 0 radical (unpaired) electrons. The predicted octanol–water partition coefficient (Wildman–Crippen LogP) is 4.05. The molecular formula is C18H25N3. The van der Waals surface area contributed by atoms with Gasteiger partial charge >= 0.3 is 0 Å². The molecule has 112 valence electrons. The molecular weight excluding hydrogens is 258 g/mol. The van der Waals surface area contributed by atoms with Crippen LogP contribution in [-0.4, -0.2) is 18.1 Å². The number of aromatic nitrogens is 1. The van der Waals surface area contributed by atoms with E-state index in [-0.39, 0.29) is 0 Å². The first-order chi connectivity index (χ1) is 10.3. The van der Waals surface area contributed by atoms with E-state index in [2.05, 4.69) is 61.3 Å². The topological polar surface area (TPSA) is 28.2 Å². The van der Waals surface area contributed by atoms with Crippen molar-refractivity contribution in [2.75, 3.05) is 18.0 Å². The molecule has 0 aliphatic heterocycles. The van der Waals surface area contributed by atoms with Gasteiger partial charge in [0.2, 0.25) is 0 Å². The smallest absolute Gasteiger partial charge is 0.135 e. The summed E-state index contributed by atoms with van der Waals surface area (Å²) in [6.45, 7) is 9.32.